The van der Waals surface area contributed by atoms with Crippen LogP contribution in [0, 0.1) is 5.92 Å². The summed E-state index contributed by atoms with van der Waals surface area (Å²) < 4.78 is 10.7. The minimum atomic E-state index is -0.991. The maximum atomic E-state index is 14.1. The Bertz CT molecular complexity index is 1720. The van der Waals surface area contributed by atoms with Gasteiger partial charge in [-0.25, -0.2) is 9.91 Å². The van der Waals surface area contributed by atoms with E-state index in [4.69, 9.17) is 14.6 Å². The highest BCUT2D eigenvalue weighted by Gasteiger charge is 2.55. The van der Waals surface area contributed by atoms with Crippen LogP contribution >= 0.6 is 0 Å². The molecule has 3 heterocycles. The van der Waals surface area contributed by atoms with Crippen molar-refractivity contribution < 1.29 is 23.9 Å². The molecule has 0 unspecified atom stereocenters. The van der Waals surface area contributed by atoms with Crippen LogP contribution in [0.3, 0.4) is 0 Å². The highest BCUT2D eigenvalue weighted by molar-refractivity contribution is 6.25. The molecular weight excluding hydrogens is 572 g/mol. The van der Waals surface area contributed by atoms with Crippen molar-refractivity contribution in [2.24, 2.45) is 21.4 Å². The van der Waals surface area contributed by atoms with E-state index < -0.39 is 23.9 Å². The number of hydrogen-bond donors (Lipinski definition) is 0. The lowest BCUT2D eigenvalue weighted by Crippen LogP contribution is -2.45. The Morgan fingerprint density at radius 2 is 1.58 bits per heavy atom. The molecule has 0 aromatic heterocycles. The van der Waals surface area contributed by atoms with Gasteiger partial charge in [-0.05, 0) is 78.4 Å². The van der Waals surface area contributed by atoms with Crippen LogP contribution in [0.5, 0.6) is 11.5 Å². The first-order valence-electron chi connectivity index (χ1n) is 15.0. The van der Waals surface area contributed by atoms with Crippen molar-refractivity contribution >= 4 is 35.2 Å². The fourth-order valence-electron chi connectivity index (χ4n) is 6.64. The summed E-state index contributed by atoms with van der Waals surface area (Å²) in [5.41, 5.74) is 4.39. The molecule has 2 fully saturated rings. The molecule has 3 aliphatic heterocycles. The number of anilines is 1. The first kappa shape index (κ1) is 28.5. The normalized spacial score (nSPS) is 24.6. The van der Waals surface area contributed by atoms with Crippen LogP contribution in [-0.4, -0.2) is 66.3 Å². The number of hydrazone groups is 1. The number of para-hydroxylation sites is 1. The number of methoxy groups -OCH3 is 2. The summed E-state index contributed by atoms with van der Waals surface area (Å²) in [6.45, 7) is -0.250. The monoisotopic (exact) mass is 604 g/mol. The summed E-state index contributed by atoms with van der Waals surface area (Å²) in [4.78, 5) is 41.9. The van der Waals surface area contributed by atoms with Crippen LogP contribution in [0.25, 0.3) is 6.08 Å². The molecule has 45 heavy (non-hydrogen) atoms. The highest BCUT2D eigenvalue weighted by Crippen LogP contribution is 2.45. The molecule has 3 aromatic rings. The molecular formula is C34H32N6O5. The van der Waals surface area contributed by atoms with Gasteiger partial charge in [-0.1, -0.05) is 47.7 Å². The lowest BCUT2D eigenvalue weighted by atomic mass is 9.77. The van der Waals surface area contributed by atoms with Crippen LogP contribution in [0.15, 0.2) is 99.9 Å². The Kier molecular flexibility index (Phi) is 7.36. The number of hydrogen-bond acceptors (Lipinski definition) is 9. The van der Waals surface area contributed by atoms with E-state index in [0.717, 1.165) is 58.1 Å². The first-order valence-corrected chi connectivity index (χ1v) is 15.0. The molecule has 11 nitrogen and oxygen atoms in total. The average molecular weight is 605 g/mol. The van der Waals surface area contributed by atoms with Gasteiger partial charge in [0.05, 0.1) is 31.7 Å². The van der Waals surface area contributed by atoms with Gasteiger partial charge >= 0.3 is 0 Å². The van der Waals surface area contributed by atoms with Gasteiger partial charge < -0.3 is 9.47 Å². The van der Waals surface area contributed by atoms with Crippen LogP contribution in [0.2, 0.25) is 0 Å². The number of benzene rings is 3. The second-order valence-electron chi connectivity index (χ2n) is 11.4. The topological polar surface area (TPSA) is 116 Å². The fraction of sp³-hybridized carbons (Fsp3) is 0.294. The van der Waals surface area contributed by atoms with E-state index >= 15 is 0 Å². The van der Waals surface area contributed by atoms with Crippen LogP contribution < -0.4 is 14.4 Å². The highest BCUT2D eigenvalue weighted by atomic mass is 16.5. The van der Waals surface area contributed by atoms with Crippen molar-refractivity contribution in [3.8, 4) is 11.5 Å². The number of imide groups is 1. The molecule has 0 radical (unpaired) electrons. The van der Waals surface area contributed by atoms with Crippen molar-refractivity contribution in [2.75, 3.05) is 25.7 Å². The zero-order valence-corrected chi connectivity index (χ0v) is 24.9. The Labute approximate surface area is 260 Å². The Morgan fingerprint density at radius 1 is 0.889 bits per heavy atom. The molecule has 4 atom stereocenters. The van der Waals surface area contributed by atoms with Gasteiger partial charge in [0.25, 0.3) is 17.7 Å². The second-order valence-corrected chi connectivity index (χ2v) is 11.4. The third kappa shape index (κ3) is 5.03. The standard InChI is InChI=1S/C34H32N6O5/c1-44-25-15-11-21(12-16-25)19-23-7-6-10-27-29(23)36-40(31(27)22-13-17-26(45-2)18-14-22)28(41)20-38-32-30(35-37-38)33(42)39(34(32)43)24-8-4-3-5-9-24/h3-5,8-9,11-19,27,30-32H,6-7,10,20H2,1-2H3/b23-19+/t27-,30-,31-,32+/m0/s1. The third-order valence-corrected chi connectivity index (χ3v) is 8.84. The van der Waals surface area contributed by atoms with E-state index in [9.17, 15) is 14.4 Å². The molecule has 1 saturated carbocycles. The second kappa shape index (κ2) is 11.6. The van der Waals surface area contributed by atoms with Crippen molar-refractivity contribution in [2.45, 2.75) is 37.4 Å². The minimum absolute atomic E-state index is 0.0168. The summed E-state index contributed by atoms with van der Waals surface area (Å²) in [6.07, 6.45) is 4.79. The summed E-state index contributed by atoms with van der Waals surface area (Å²) in [5, 5.41) is 16.0. The van der Waals surface area contributed by atoms with Crippen LogP contribution in [0.1, 0.15) is 36.4 Å². The van der Waals surface area contributed by atoms with E-state index in [-0.39, 0.29) is 24.4 Å². The minimum Gasteiger partial charge on any atom is -0.497 e. The number of nitrogens with zero attached hydrogens (tertiary/aromatic N) is 6. The number of carbonyl (C=O) groups is 3. The molecule has 11 heteroatoms. The molecule has 3 amide bonds. The molecule has 228 valence electrons. The molecule has 1 aliphatic carbocycles. The molecule has 4 aliphatic rings. The van der Waals surface area contributed by atoms with E-state index in [1.54, 1.807) is 38.5 Å². The average Bonchev–Trinajstić information content (AvgIpc) is 3.75. The Balaban J connectivity index is 1.19. The number of carbonyl (C=O) groups excluding carboxylic acids is 3. The van der Waals surface area contributed by atoms with Crippen LogP contribution in [0.4, 0.5) is 5.69 Å². The molecule has 0 N–H and O–H groups in total. The van der Waals surface area contributed by atoms with Gasteiger partial charge in [0, 0.05) is 5.92 Å². The number of amides is 3. The van der Waals surface area contributed by atoms with E-state index in [1.165, 1.54) is 10.0 Å². The number of allylic oxidation sites excluding steroid dienone is 1. The number of ether oxygens (including phenoxy) is 2. The van der Waals surface area contributed by atoms with E-state index in [1.807, 2.05) is 54.6 Å². The smallest absolute Gasteiger partial charge is 0.264 e. The maximum absolute atomic E-state index is 14.1. The Hall–Kier alpha value is -5.32. The fourth-order valence-corrected chi connectivity index (χ4v) is 6.64. The van der Waals surface area contributed by atoms with Crippen molar-refractivity contribution in [1.29, 1.82) is 0 Å². The predicted molar refractivity (Wildman–Crippen MR) is 166 cm³/mol. The SMILES string of the molecule is COc1ccc(/C=C2\CCC[C@H]3C2=NN(C(=O)CN2N=N[C@@H]4C(=O)N(c5ccccc5)C(=O)[C@@H]42)[C@H]3c2ccc(OC)cc2)cc1. The summed E-state index contributed by atoms with van der Waals surface area (Å²) in [7, 11) is 3.26. The number of rotatable bonds is 7. The summed E-state index contributed by atoms with van der Waals surface area (Å²) in [5.74, 6) is 0.245. The van der Waals surface area contributed by atoms with Gasteiger partial charge in [0.1, 0.15) is 18.0 Å². The van der Waals surface area contributed by atoms with E-state index in [0.29, 0.717) is 5.69 Å². The Morgan fingerprint density at radius 3 is 2.27 bits per heavy atom. The van der Waals surface area contributed by atoms with Gasteiger partial charge in [-0.3, -0.25) is 19.4 Å². The molecule has 3 aromatic carbocycles. The largest absolute Gasteiger partial charge is 0.497 e. The van der Waals surface area contributed by atoms with Crippen molar-refractivity contribution in [1.82, 2.24) is 10.0 Å². The van der Waals surface area contributed by atoms with Gasteiger partial charge in [0.15, 0.2) is 12.1 Å². The van der Waals surface area contributed by atoms with E-state index in [2.05, 4.69) is 16.4 Å². The van der Waals surface area contributed by atoms with Crippen LogP contribution in [-0.2, 0) is 14.4 Å². The van der Waals surface area contributed by atoms with Crippen molar-refractivity contribution in [3.05, 3.63) is 95.6 Å². The first-order chi connectivity index (χ1) is 22.0. The predicted octanol–water partition coefficient (Wildman–Crippen LogP) is 4.82. The maximum Gasteiger partial charge on any atom is 0.264 e. The summed E-state index contributed by atoms with van der Waals surface area (Å²) in [6, 6.07) is 21.9. The molecule has 0 bridgehead atoms. The molecule has 0 spiro atoms. The molecule has 7 rings (SSSR count). The zero-order valence-electron chi connectivity index (χ0n) is 24.9. The van der Waals surface area contributed by atoms with Gasteiger partial charge in [-0.15, -0.1) is 0 Å². The third-order valence-electron chi connectivity index (χ3n) is 8.84. The van der Waals surface area contributed by atoms with Crippen molar-refractivity contribution in [3.63, 3.8) is 0 Å². The lowest BCUT2D eigenvalue weighted by Gasteiger charge is -2.30. The lowest BCUT2D eigenvalue weighted by molar-refractivity contribution is -0.136. The summed E-state index contributed by atoms with van der Waals surface area (Å²) >= 11 is 0. The molecule has 1 saturated heterocycles. The zero-order chi connectivity index (χ0) is 31.1. The quantitative estimate of drug-likeness (QED) is 0.357. The van der Waals surface area contributed by atoms with Gasteiger partial charge in [-0.2, -0.15) is 10.2 Å². The number of fused-ring (bicyclic) bond motifs is 2. The van der Waals surface area contributed by atoms with Gasteiger partial charge in [0.2, 0.25) is 0 Å².